The van der Waals surface area contributed by atoms with Crippen molar-refractivity contribution in [2.75, 3.05) is 19.5 Å². The summed E-state index contributed by atoms with van der Waals surface area (Å²) in [6.45, 7) is 1.40. The fourth-order valence-electron chi connectivity index (χ4n) is 2.91. The van der Waals surface area contributed by atoms with Gasteiger partial charge in [0.15, 0.2) is 20.2 Å². The van der Waals surface area contributed by atoms with Gasteiger partial charge in [-0.3, -0.25) is 14.7 Å². The number of ether oxygens (including phenoxy) is 1. The Bertz CT molecular complexity index is 1260. The zero-order valence-corrected chi connectivity index (χ0v) is 17.6. The maximum absolute atomic E-state index is 14.8. The van der Waals surface area contributed by atoms with Crippen LogP contribution >= 0.6 is 0 Å². The second-order valence-corrected chi connectivity index (χ2v) is 9.89. The normalized spacial score (nSPS) is 16.8. The molecule has 0 saturated carbocycles. The number of benzene rings is 1. The van der Waals surface area contributed by atoms with E-state index in [-0.39, 0.29) is 37.1 Å². The van der Waals surface area contributed by atoms with E-state index in [1.165, 1.54) is 29.3 Å². The number of nitrogens with one attached hydrogen (secondary N) is 1. The minimum Gasteiger partial charge on any atom is -0.373 e. The van der Waals surface area contributed by atoms with Gasteiger partial charge in [0.2, 0.25) is 0 Å². The number of amides is 1. The Morgan fingerprint density at radius 1 is 1.42 bits per heavy atom. The highest BCUT2D eigenvalue weighted by molar-refractivity contribution is 7.92. The molecule has 1 aromatic heterocycles. The molecule has 1 aliphatic heterocycles. The van der Waals surface area contributed by atoms with Crippen molar-refractivity contribution in [2.45, 2.75) is 30.2 Å². The van der Waals surface area contributed by atoms with E-state index in [2.05, 4.69) is 28.8 Å². The van der Waals surface area contributed by atoms with Gasteiger partial charge in [0.1, 0.15) is 5.82 Å². The van der Waals surface area contributed by atoms with Gasteiger partial charge in [-0.05, 0) is 49.2 Å². The number of rotatable bonds is 5. The van der Waals surface area contributed by atoms with E-state index in [0.29, 0.717) is 5.52 Å². The minimum atomic E-state index is -3.86. The van der Waals surface area contributed by atoms with E-state index in [0.717, 1.165) is 6.26 Å². The van der Waals surface area contributed by atoms with Gasteiger partial charge in [-0.2, -0.15) is 5.10 Å². The van der Waals surface area contributed by atoms with Crippen LogP contribution in [0.15, 0.2) is 18.3 Å². The van der Waals surface area contributed by atoms with E-state index in [1.807, 2.05) is 0 Å². The maximum Gasteiger partial charge on any atom is 0.264 e. The van der Waals surface area contributed by atoms with Crippen LogP contribution in [-0.4, -0.2) is 64.2 Å². The number of carbonyl (C=O) groups is 1. The first-order valence-electron chi connectivity index (χ1n) is 9.12. The van der Waals surface area contributed by atoms with Gasteiger partial charge >= 0.3 is 0 Å². The van der Waals surface area contributed by atoms with Gasteiger partial charge in [0.05, 0.1) is 35.9 Å². The molecule has 9 nitrogen and oxygen atoms in total. The molecular weight excluding hydrogens is 429 g/mol. The highest BCUT2D eigenvalue weighted by Crippen LogP contribution is 2.25. The molecule has 1 saturated heterocycles. The first-order valence-corrected chi connectivity index (χ1v) is 11.0. The average Bonchev–Trinajstić information content (AvgIpc) is 3.11. The van der Waals surface area contributed by atoms with Crippen LogP contribution in [0.2, 0.25) is 0 Å². The standard InChI is InChI=1S/C20H20FN3O6S/c1-19(18(25)23-27,31(2,28)29)9-10-24-16-7-6-14(17(21)15(16)11-22-24)5-3-4-8-20(26)12-30-13-20/h6-7,11,26-27H,9-10,12-13H2,1-2H3,(H,23,25). The molecule has 2 heterocycles. The van der Waals surface area contributed by atoms with Crippen molar-refractivity contribution in [3.63, 3.8) is 0 Å². The maximum atomic E-state index is 14.8. The Kier molecular flexibility index (Phi) is 6.07. The van der Waals surface area contributed by atoms with Gasteiger partial charge in [-0.25, -0.2) is 18.3 Å². The Balaban J connectivity index is 1.84. The number of carbonyl (C=O) groups excluding carboxylic acids is 1. The lowest BCUT2D eigenvalue weighted by Gasteiger charge is -2.30. The number of sulfone groups is 1. The predicted molar refractivity (Wildman–Crippen MR) is 108 cm³/mol. The molecule has 3 N–H and O–H groups in total. The van der Waals surface area contributed by atoms with Gasteiger partial charge in [-0.1, -0.05) is 0 Å². The summed E-state index contributed by atoms with van der Waals surface area (Å²) in [7, 11) is -3.86. The Morgan fingerprint density at radius 3 is 2.71 bits per heavy atom. The molecule has 1 fully saturated rings. The summed E-state index contributed by atoms with van der Waals surface area (Å²) in [4.78, 5) is 11.9. The van der Waals surface area contributed by atoms with Crippen LogP contribution in [0.1, 0.15) is 18.9 Å². The molecule has 0 bridgehead atoms. The number of halogens is 1. The van der Waals surface area contributed by atoms with Crippen LogP contribution in [0.4, 0.5) is 4.39 Å². The van der Waals surface area contributed by atoms with Crippen molar-refractivity contribution in [1.29, 1.82) is 0 Å². The molecule has 1 unspecified atom stereocenters. The summed E-state index contributed by atoms with van der Waals surface area (Å²) in [5.41, 5.74) is 0.644. The Labute approximate surface area is 178 Å². The summed E-state index contributed by atoms with van der Waals surface area (Å²) in [5, 5.41) is 22.9. The smallest absolute Gasteiger partial charge is 0.264 e. The summed E-state index contributed by atoms with van der Waals surface area (Å²) in [5.74, 6) is 8.43. The first-order chi connectivity index (χ1) is 14.5. The highest BCUT2D eigenvalue weighted by Gasteiger charge is 2.43. The van der Waals surface area contributed by atoms with E-state index < -0.39 is 31.9 Å². The van der Waals surface area contributed by atoms with E-state index in [1.54, 1.807) is 6.07 Å². The molecule has 0 aliphatic carbocycles. The van der Waals surface area contributed by atoms with E-state index in [9.17, 15) is 22.7 Å². The van der Waals surface area contributed by atoms with Crippen molar-refractivity contribution in [2.24, 2.45) is 0 Å². The monoisotopic (exact) mass is 449 g/mol. The predicted octanol–water partition coefficient (Wildman–Crippen LogP) is -0.00960. The van der Waals surface area contributed by atoms with Gasteiger partial charge in [0, 0.05) is 12.8 Å². The molecule has 164 valence electrons. The molecule has 1 aromatic carbocycles. The molecule has 1 aliphatic rings. The molecule has 31 heavy (non-hydrogen) atoms. The number of hydroxylamine groups is 1. The Morgan fingerprint density at radius 2 is 2.13 bits per heavy atom. The fourth-order valence-corrected chi connectivity index (χ4v) is 3.76. The molecule has 2 aromatic rings. The number of nitrogens with zero attached hydrogens (tertiary/aromatic N) is 2. The number of aliphatic hydroxyl groups is 1. The van der Waals surface area contributed by atoms with Crippen LogP contribution in [0, 0.1) is 29.5 Å². The lowest BCUT2D eigenvalue weighted by molar-refractivity contribution is -0.140. The topological polar surface area (TPSA) is 131 Å². The van der Waals surface area contributed by atoms with Gasteiger partial charge < -0.3 is 9.84 Å². The Hall–Kier alpha value is -2.96. The number of hydrogen-bond acceptors (Lipinski definition) is 7. The molecular formula is C20H20FN3O6S. The summed E-state index contributed by atoms with van der Waals surface area (Å²) in [6.07, 6.45) is 1.98. The van der Waals surface area contributed by atoms with Crippen molar-refractivity contribution < 1.29 is 32.7 Å². The third kappa shape index (κ3) is 4.40. The molecule has 0 spiro atoms. The molecule has 11 heteroatoms. The van der Waals surface area contributed by atoms with Gasteiger partial charge in [0.25, 0.3) is 5.91 Å². The summed E-state index contributed by atoms with van der Waals surface area (Å²) >= 11 is 0. The molecule has 3 rings (SSSR count). The van der Waals surface area contributed by atoms with Crippen LogP contribution in [0.5, 0.6) is 0 Å². The number of aromatic nitrogens is 2. The van der Waals surface area contributed by atoms with Crippen LogP contribution < -0.4 is 5.48 Å². The summed E-state index contributed by atoms with van der Waals surface area (Å²) in [6, 6.07) is 3.00. The summed E-state index contributed by atoms with van der Waals surface area (Å²) < 4.78 is 43.3. The molecule has 0 radical (unpaired) electrons. The molecule has 1 atom stereocenters. The fraction of sp³-hybridized carbons (Fsp3) is 0.400. The van der Waals surface area contributed by atoms with Gasteiger partial charge in [-0.15, -0.1) is 0 Å². The lowest BCUT2D eigenvalue weighted by atomic mass is 10.0. The minimum absolute atomic E-state index is 0.0168. The number of fused-ring (bicyclic) bond motifs is 1. The highest BCUT2D eigenvalue weighted by atomic mass is 32.2. The zero-order valence-electron chi connectivity index (χ0n) is 16.8. The van der Waals surface area contributed by atoms with E-state index >= 15 is 0 Å². The SMILES string of the molecule is CC(CCn1ncc2c(F)c(C#CC#CC3(O)COC3)ccc21)(C(=O)NO)S(C)(=O)=O. The quantitative estimate of drug-likeness (QED) is 0.332. The third-order valence-electron chi connectivity index (χ3n) is 5.20. The zero-order chi connectivity index (χ0) is 22.9. The average molecular weight is 449 g/mol. The van der Waals surface area contributed by atoms with Crippen molar-refractivity contribution >= 4 is 26.6 Å². The van der Waals surface area contributed by atoms with E-state index in [4.69, 9.17) is 9.94 Å². The number of hydrogen-bond donors (Lipinski definition) is 3. The van der Waals surface area contributed by atoms with Crippen molar-refractivity contribution in [3.05, 3.63) is 29.7 Å². The van der Waals surface area contributed by atoms with Crippen LogP contribution in [0.3, 0.4) is 0 Å². The third-order valence-corrected chi connectivity index (χ3v) is 7.22. The first kappa shape index (κ1) is 22.7. The second-order valence-electron chi connectivity index (χ2n) is 7.45. The lowest BCUT2D eigenvalue weighted by Crippen LogP contribution is -2.49. The number of aryl methyl sites for hydroxylation is 1. The van der Waals surface area contributed by atoms with Crippen LogP contribution in [-0.2, 0) is 25.9 Å². The van der Waals surface area contributed by atoms with Crippen molar-refractivity contribution in [1.82, 2.24) is 15.3 Å². The largest absolute Gasteiger partial charge is 0.373 e. The van der Waals surface area contributed by atoms with Crippen molar-refractivity contribution in [3.8, 4) is 23.7 Å². The van der Waals surface area contributed by atoms with Crippen LogP contribution in [0.25, 0.3) is 10.9 Å². The molecule has 1 amide bonds. The second kappa shape index (κ2) is 8.29.